The van der Waals surface area contributed by atoms with Gasteiger partial charge in [-0.15, -0.1) is 0 Å². The fourth-order valence-corrected chi connectivity index (χ4v) is 3.20. The summed E-state index contributed by atoms with van der Waals surface area (Å²) in [6, 6.07) is -0.128. The maximum atomic E-state index is 12.2. The number of aromatic nitrogens is 1. The highest BCUT2D eigenvalue weighted by molar-refractivity contribution is 5.80. The zero-order chi connectivity index (χ0) is 16.1. The van der Waals surface area contributed by atoms with Gasteiger partial charge in [0.05, 0.1) is 11.6 Å². The Labute approximate surface area is 130 Å². The average molecular weight is 307 g/mol. The lowest BCUT2D eigenvalue weighted by Crippen LogP contribution is -2.45. The van der Waals surface area contributed by atoms with Gasteiger partial charge in [-0.1, -0.05) is 24.4 Å². The summed E-state index contributed by atoms with van der Waals surface area (Å²) in [6.45, 7) is 3.72. The molecule has 0 bridgehead atoms. The predicted octanol–water partition coefficient (Wildman–Crippen LogP) is 1.77. The Bertz CT molecular complexity index is 519. The lowest BCUT2D eigenvalue weighted by Gasteiger charge is -2.23. The van der Waals surface area contributed by atoms with Gasteiger partial charge in [0.1, 0.15) is 5.76 Å². The second-order valence-corrected chi connectivity index (χ2v) is 6.12. The minimum Gasteiger partial charge on any atom is -0.369 e. The summed E-state index contributed by atoms with van der Waals surface area (Å²) in [5, 5.41) is 6.89. The van der Waals surface area contributed by atoms with E-state index in [0.717, 1.165) is 49.1 Å². The van der Waals surface area contributed by atoms with E-state index < -0.39 is 0 Å². The minimum absolute atomic E-state index is 0.0434. The van der Waals surface area contributed by atoms with Gasteiger partial charge in [-0.05, 0) is 33.1 Å². The topological polar surface area (TPSA) is 98.2 Å². The molecule has 0 unspecified atom stereocenters. The number of nitrogens with two attached hydrogens (primary N) is 1. The van der Waals surface area contributed by atoms with Crippen molar-refractivity contribution in [3.05, 3.63) is 17.0 Å². The highest BCUT2D eigenvalue weighted by Gasteiger charge is 2.29. The molecule has 1 aromatic heterocycles. The molecule has 1 aliphatic rings. The van der Waals surface area contributed by atoms with Crippen LogP contribution in [0.4, 0.5) is 0 Å². The molecule has 1 fully saturated rings. The first-order valence-corrected chi connectivity index (χ1v) is 7.99. The second-order valence-electron chi connectivity index (χ2n) is 6.12. The molecule has 1 saturated carbocycles. The van der Waals surface area contributed by atoms with E-state index in [0.29, 0.717) is 12.8 Å². The Balaban J connectivity index is 1.91. The number of rotatable bonds is 5. The van der Waals surface area contributed by atoms with E-state index >= 15 is 0 Å². The van der Waals surface area contributed by atoms with Crippen molar-refractivity contribution < 1.29 is 14.1 Å². The monoisotopic (exact) mass is 307 g/mol. The van der Waals surface area contributed by atoms with Crippen LogP contribution >= 0.6 is 0 Å². The van der Waals surface area contributed by atoms with Gasteiger partial charge in [0, 0.05) is 18.0 Å². The zero-order valence-electron chi connectivity index (χ0n) is 13.4. The third-order valence-corrected chi connectivity index (χ3v) is 4.51. The minimum atomic E-state index is -0.307. The molecule has 22 heavy (non-hydrogen) atoms. The van der Waals surface area contributed by atoms with Crippen molar-refractivity contribution in [2.45, 2.75) is 64.8 Å². The summed E-state index contributed by atoms with van der Waals surface area (Å²) in [6.07, 6.45) is 5.67. The number of hydrogen-bond donors (Lipinski definition) is 2. The van der Waals surface area contributed by atoms with Crippen LogP contribution in [0, 0.1) is 19.8 Å². The first-order valence-electron chi connectivity index (χ1n) is 7.99. The molecule has 2 rings (SSSR count). The summed E-state index contributed by atoms with van der Waals surface area (Å²) in [4.78, 5) is 23.8. The fraction of sp³-hybridized carbons (Fsp3) is 0.688. The normalized spacial score (nSPS) is 22.1. The van der Waals surface area contributed by atoms with Gasteiger partial charge >= 0.3 is 0 Å². The molecule has 6 heteroatoms. The Morgan fingerprint density at radius 3 is 2.64 bits per heavy atom. The highest BCUT2D eigenvalue weighted by Crippen LogP contribution is 2.23. The number of nitrogens with one attached hydrogen (secondary N) is 1. The van der Waals surface area contributed by atoms with Crippen LogP contribution in [0.15, 0.2) is 4.52 Å². The molecule has 3 N–H and O–H groups in total. The summed E-state index contributed by atoms with van der Waals surface area (Å²) in [5.41, 5.74) is 7.30. The quantitative estimate of drug-likeness (QED) is 0.810. The van der Waals surface area contributed by atoms with Crippen molar-refractivity contribution >= 4 is 11.8 Å². The van der Waals surface area contributed by atoms with Crippen LogP contribution in [-0.4, -0.2) is 23.0 Å². The second kappa shape index (κ2) is 7.42. The van der Waals surface area contributed by atoms with Gasteiger partial charge in [0.2, 0.25) is 11.8 Å². The molecule has 1 heterocycles. The van der Waals surface area contributed by atoms with Crippen LogP contribution in [0.5, 0.6) is 0 Å². The number of nitrogens with zero attached hydrogens (tertiary/aromatic N) is 1. The smallest absolute Gasteiger partial charge is 0.222 e. The Kier molecular flexibility index (Phi) is 5.57. The number of primary amides is 1. The number of carbonyl (C=O) groups is 2. The molecule has 0 aliphatic heterocycles. The van der Waals surface area contributed by atoms with Gasteiger partial charge < -0.3 is 15.6 Å². The van der Waals surface area contributed by atoms with Crippen molar-refractivity contribution in [3.63, 3.8) is 0 Å². The largest absolute Gasteiger partial charge is 0.369 e. The number of hydrogen-bond acceptors (Lipinski definition) is 4. The molecular weight excluding hydrogens is 282 g/mol. The van der Waals surface area contributed by atoms with Crippen molar-refractivity contribution in [2.24, 2.45) is 11.7 Å². The third-order valence-electron chi connectivity index (χ3n) is 4.51. The summed E-state index contributed by atoms with van der Waals surface area (Å²) in [7, 11) is 0. The van der Waals surface area contributed by atoms with Gasteiger partial charge in [-0.3, -0.25) is 9.59 Å². The maximum Gasteiger partial charge on any atom is 0.222 e. The van der Waals surface area contributed by atoms with E-state index in [2.05, 4.69) is 10.5 Å². The molecule has 1 aliphatic carbocycles. The average Bonchev–Trinajstić information content (AvgIpc) is 2.66. The molecule has 122 valence electrons. The van der Waals surface area contributed by atoms with E-state index in [4.69, 9.17) is 10.3 Å². The van der Waals surface area contributed by atoms with E-state index in [1.807, 2.05) is 13.8 Å². The van der Waals surface area contributed by atoms with Crippen LogP contribution in [0.3, 0.4) is 0 Å². The summed E-state index contributed by atoms with van der Waals surface area (Å²) >= 11 is 0. The first kappa shape index (κ1) is 16.5. The lowest BCUT2D eigenvalue weighted by atomic mass is 9.94. The fourth-order valence-electron chi connectivity index (χ4n) is 3.20. The van der Waals surface area contributed by atoms with Gasteiger partial charge in [0.15, 0.2) is 0 Å². The van der Waals surface area contributed by atoms with Crippen molar-refractivity contribution in [3.8, 4) is 0 Å². The standard InChI is InChI=1S/C16H25N3O3/c1-10-12(11(2)22-19-10)8-9-15(20)18-14-7-5-3-4-6-13(14)16(17)21/h13-14H,3-9H2,1-2H3,(H2,17,21)(H,18,20)/t13-,14-/m1/s1. The van der Waals surface area contributed by atoms with Crippen LogP contribution in [0.1, 0.15) is 55.5 Å². The predicted molar refractivity (Wildman–Crippen MR) is 82.0 cm³/mol. The van der Waals surface area contributed by atoms with Crippen molar-refractivity contribution in [1.82, 2.24) is 10.5 Å². The molecule has 2 atom stereocenters. The SMILES string of the molecule is Cc1noc(C)c1CCC(=O)N[C@@H]1CCCCC[C@H]1C(N)=O. The van der Waals surface area contributed by atoms with Crippen molar-refractivity contribution in [1.29, 1.82) is 0 Å². The Morgan fingerprint density at radius 1 is 1.27 bits per heavy atom. The Morgan fingerprint density at radius 2 is 2.00 bits per heavy atom. The molecule has 2 amide bonds. The van der Waals surface area contributed by atoms with Crippen LogP contribution < -0.4 is 11.1 Å². The molecule has 0 saturated heterocycles. The molecule has 6 nitrogen and oxygen atoms in total. The van der Waals surface area contributed by atoms with E-state index in [1.165, 1.54) is 0 Å². The van der Waals surface area contributed by atoms with Gasteiger partial charge in [-0.2, -0.15) is 0 Å². The van der Waals surface area contributed by atoms with E-state index in [-0.39, 0.29) is 23.8 Å². The first-order chi connectivity index (χ1) is 10.5. The maximum absolute atomic E-state index is 12.2. The highest BCUT2D eigenvalue weighted by atomic mass is 16.5. The molecular formula is C16H25N3O3. The van der Waals surface area contributed by atoms with Crippen LogP contribution in [0.25, 0.3) is 0 Å². The van der Waals surface area contributed by atoms with Gasteiger partial charge in [0.25, 0.3) is 0 Å². The van der Waals surface area contributed by atoms with E-state index in [9.17, 15) is 9.59 Å². The number of carbonyl (C=O) groups excluding carboxylic acids is 2. The molecule has 1 aromatic rings. The van der Waals surface area contributed by atoms with Gasteiger partial charge in [-0.25, -0.2) is 0 Å². The summed E-state index contributed by atoms with van der Waals surface area (Å²) < 4.78 is 5.10. The third kappa shape index (κ3) is 4.08. The molecule has 0 radical (unpaired) electrons. The number of amides is 2. The van der Waals surface area contributed by atoms with Crippen LogP contribution in [-0.2, 0) is 16.0 Å². The van der Waals surface area contributed by atoms with E-state index in [1.54, 1.807) is 0 Å². The Hall–Kier alpha value is -1.85. The number of aryl methyl sites for hydroxylation is 2. The van der Waals surface area contributed by atoms with Crippen LogP contribution in [0.2, 0.25) is 0 Å². The zero-order valence-corrected chi connectivity index (χ0v) is 13.4. The summed E-state index contributed by atoms with van der Waals surface area (Å²) in [5.74, 6) is 0.163. The lowest BCUT2D eigenvalue weighted by molar-refractivity contribution is -0.125. The molecule has 0 aromatic carbocycles. The van der Waals surface area contributed by atoms with Crippen molar-refractivity contribution in [2.75, 3.05) is 0 Å². The molecule has 0 spiro atoms.